The van der Waals surface area contributed by atoms with Crippen molar-refractivity contribution < 1.29 is 19.0 Å². The van der Waals surface area contributed by atoms with Gasteiger partial charge in [-0.25, -0.2) is 4.99 Å². The summed E-state index contributed by atoms with van der Waals surface area (Å²) in [7, 11) is 1.62. The normalized spacial score (nSPS) is 14.9. The van der Waals surface area contributed by atoms with Gasteiger partial charge in [-0.15, -0.1) is 0 Å². The fraction of sp³-hybridized carbons (Fsp3) is 0.125. The molecule has 0 atom stereocenters. The minimum atomic E-state index is -0.184. The number of amides is 1. The molecule has 1 amide bonds. The molecule has 196 valence electrons. The Labute approximate surface area is 232 Å². The van der Waals surface area contributed by atoms with Gasteiger partial charge in [-0.3, -0.25) is 4.79 Å². The van der Waals surface area contributed by atoms with Crippen LogP contribution in [0.15, 0.2) is 107 Å². The van der Waals surface area contributed by atoms with Crippen LogP contribution in [0.3, 0.4) is 0 Å². The first-order chi connectivity index (χ1) is 19.1. The number of hydrogen-bond donors (Lipinski definition) is 1. The van der Waals surface area contributed by atoms with Crippen molar-refractivity contribution >= 4 is 34.6 Å². The number of rotatable bonds is 9. The van der Waals surface area contributed by atoms with Crippen LogP contribution in [0.1, 0.15) is 22.3 Å². The van der Waals surface area contributed by atoms with Crippen LogP contribution in [-0.4, -0.2) is 18.2 Å². The lowest BCUT2D eigenvalue weighted by Crippen LogP contribution is -2.19. The van der Waals surface area contributed by atoms with Gasteiger partial charge in [-0.1, -0.05) is 72.3 Å². The molecule has 0 bridgehead atoms. The number of methoxy groups -OCH3 is 1. The molecule has 1 N–H and O–H groups in total. The first kappa shape index (κ1) is 26.1. The van der Waals surface area contributed by atoms with E-state index in [-0.39, 0.29) is 5.91 Å². The van der Waals surface area contributed by atoms with E-state index in [1.807, 2.05) is 110 Å². The molecule has 1 aliphatic heterocycles. The summed E-state index contributed by atoms with van der Waals surface area (Å²) in [5, 5.41) is 3.39. The van der Waals surface area contributed by atoms with E-state index >= 15 is 0 Å². The van der Waals surface area contributed by atoms with Crippen molar-refractivity contribution in [2.24, 2.45) is 4.99 Å². The smallest absolute Gasteiger partial charge is 0.264 e. The van der Waals surface area contributed by atoms with Crippen LogP contribution in [-0.2, 0) is 18.0 Å². The van der Waals surface area contributed by atoms with Crippen molar-refractivity contribution in [3.8, 4) is 17.2 Å². The summed E-state index contributed by atoms with van der Waals surface area (Å²) < 4.78 is 17.7. The van der Waals surface area contributed by atoms with Crippen LogP contribution < -0.4 is 19.5 Å². The molecule has 4 aromatic carbocycles. The van der Waals surface area contributed by atoms with Crippen LogP contribution in [0.25, 0.3) is 6.08 Å². The van der Waals surface area contributed by atoms with Crippen molar-refractivity contribution in [1.82, 2.24) is 5.32 Å². The molecule has 0 aromatic heterocycles. The average molecular weight is 537 g/mol. The number of aryl methyl sites for hydroxylation is 1. The minimum absolute atomic E-state index is 0.184. The Balaban J connectivity index is 1.26. The van der Waals surface area contributed by atoms with Crippen LogP contribution in [0, 0.1) is 6.92 Å². The number of para-hydroxylation sites is 1. The van der Waals surface area contributed by atoms with Gasteiger partial charge in [0.2, 0.25) is 0 Å². The molecule has 0 unspecified atom stereocenters. The van der Waals surface area contributed by atoms with Crippen LogP contribution in [0.2, 0.25) is 0 Å². The molecule has 0 aliphatic carbocycles. The lowest BCUT2D eigenvalue weighted by molar-refractivity contribution is -0.115. The molecular weight excluding hydrogens is 508 g/mol. The first-order valence-corrected chi connectivity index (χ1v) is 13.3. The highest BCUT2D eigenvalue weighted by molar-refractivity contribution is 8.18. The number of amidine groups is 1. The lowest BCUT2D eigenvalue weighted by atomic mass is 10.1. The Hall–Kier alpha value is -4.49. The van der Waals surface area contributed by atoms with E-state index < -0.39 is 0 Å². The Morgan fingerprint density at radius 3 is 2.31 bits per heavy atom. The molecule has 1 saturated heterocycles. The summed E-state index contributed by atoms with van der Waals surface area (Å²) in [6.45, 7) is 2.81. The zero-order valence-corrected chi connectivity index (χ0v) is 22.5. The number of thioether (sulfide) groups is 1. The lowest BCUT2D eigenvalue weighted by Gasteiger charge is -2.14. The summed E-state index contributed by atoms with van der Waals surface area (Å²) in [4.78, 5) is 17.7. The molecule has 6 nitrogen and oxygen atoms in total. The molecule has 4 aromatic rings. The third-order valence-corrected chi connectivity index (χ3v) is 6.89. The standard InChI is InChI=1S/C32H28N2O4S/c1-22-12-15-26(16-13-22)33-32-34-31(35)30(39-32)19-25-10-6-7-11-27(25)37-21-24-14-17-28(29(18-24)36-2)38-20-23-8-4-3-5-9-23/h3-19H,20-21H2,1-2H3,(H,33,34,35)/b30-19+. The maximum absolute atomic E-state index is 12.6. The van der Waals surface area contributed by atoms with E-state index in [4.69, 9.17) is 14.2 Å². The monoisotopic (exact) mass is 536 g/mol. The fourth-order valence-electron chi connectivity index (χ4n) is 3.91. The van der Waals surface area contributed by atoms with Crippen molar-refractivity contribution in [3.05, 3.63) is 124 Å². The zero-order chi connectivity index (χ0) is 27.0. The molecule has 39 heavy (non-hydrogen) atoms. The van der Waals surface area contributed by atoms with E-state index in [1.54, 1.807) is 7.11 Å². The molecule has 0 spiro atoms. The van der Waals surface area contributed by atoms with Crippen LogP contribution >= 0.6 is 11.8 Å². The van der Waals surface area contributed by atoms with Gasteiger partial charge in [0.15, 0.2) is 16.7 Å². The quantitative estimate of drug-likeness (QED) is 0.232. The molecule has 5 rings (SSSR count). The second-order valence-electron chi connectivity index (χ2n) is 8.90. The Bertz CT molecular complexity index is 1520. The highest BCUT2D eigenvalue weighted by Crippen LogP contribution is 2.32. The number of hydrogen-bond acceptors (Lipinski definition) is 6. The second kappa shape index (κ2) is 12.4. The minimum Gasteiger partial charge on any atom is -0.493 e. The van der Waals surface area contributed by atoms with Crippen molar-refractivity contribution in [3.63, 3.8) is 0 Å². The number of nitrogens with zero attached hydrogens (tertiary/aromatic N) is 1. The van der Waals surface area contributed by atoms with Gasteiger partial charge in [0.05, 0.1) is 17.7 Å². The van der Waals surface area contributed by atoms with E-state index in [0.717, 1.165) is 27.9 Å². The summed E-state index contributed by atoms with van der Waals surface area (Å²) >= 11 is 1.31. The van der Waals surface area contributed by atoms with Gasteiger partial charge in [0.25, 0.3) is 5.91 Å². The van der Waals surface area contributed by atoms with Gasteiger partial charge in [-0.05, 0) is 66.2 Å². The van der Waals surface area contributed by atoms with Crippen molar-refractivity contribution in [1.29, 1.82) is 0 Å². The van der Waals surface area contributed by atoms with Crippen molar-refractivity contribution in [2.45, 2.75) is 20.1 Å². The predicted molar refractivity (Wildman–Crippen MR) is 157 cm³/mol. The van der Waals surface area contributed by atoms with Gasteiger partial charge < -0.3 is 19.5 Å². The largest absolute Gasteiger partial charge is 0.493 e. The maximum atomic E-state index is 12.6. The number of aliphatic imine (C=N–C) groups is 1. The zero-order valence-electron chi connectivity index (χ0n) is 21.7. The van der Waals surface area contributed by atoms with Gasteiger partial charge in [0.1, 0.15) is 19.0 Å². The second-order valence-corrected chi connectivity index (χ2v) is 9.93. The van der Waals surface area contributed by atoms with E-state index in [0.29, 0.717) is 40.5 Å². The topological polar surface area (TPSA) is 69.2 Å². The number of carbonyl (C=O) groups is 1. The highest BCUT2D eigenvalue weighted by Gasteiger charge is 2.24. The molecular formula is C32H28N2O4S. The summed E-state index contributed by atoms with van der Waals surface area (Å²) in [6, 6.07) is 31.2. The Morgan fingerprint density at radius 2 is 1.51 bits per heavy atom. The maximum Gasteiger partial charge on any atom is 0.264 e. The molecule has 1 fully saturated rings. The highest BCUT2D eigenvalue weighted by atomic mass is 32.2. The molecule has 7 heteroatoms. The molecule has 0 radical (unpaired) electrons. The summed E-state index contributed by atoms with van der Waals surface area (Å²) in [5.74, 6) is 1.80. The summed E-state index contributed by atoms with van der Waals surface area (Å²) in [5.41, 5.74) is 4.77. The third-order valence-electron chi connectivity index (χ3n) is 5.98. The van der Waals surface area contributed by atoms with Crippen LogP contribution in [0.5, 0.6) is 17.2 Å². The molecule has 1 heterocycles. The SMILES string of the molecule is COc1cc(COc2ccccc2/C=C2/SC(=Nc3ccc(C)cc3)NC2=O)ccc1OCc1ccccc1. The predicted octanol–water partition coefficient (Wildman–Crippen LogP) is 7.05. The van der Waals surface area contributed by atoms with Gasteiger partial charge >= 0.3 is 0 Å². The number of ether oxygens (including phenoxy) is 3. The average Bonchev–Trinajstić information content (AvgIpc) is 3.31. The van der Waals surface area contributed by atoms with E-state index in [9.17, 15) is 4.79 Å². The van der Waals surface area contributed by atoms with Gasteiger partial charge in [-0.2, -0.15) is 0 Å². The number of carbonyl (C=O) groups excluding carboxylic acids is 1. The third kappa shape index (κ3) is 6.89. The van der Waals surface area contributed by atoms with Gasteiger partial charge in [0, 0.05) is 5.56 Å². The Morgan fingerprint density at radius 1 is 0.795 bits per heavy atom. The molecule has 1 aliphatic rings. The van der Waals surface area contributed by atoms with Crippen LogP contribution in [0.4, 0.5) is 5.69 Å². The van der Waals surface area contributed by atoms with E-state index in [1.165, 1.54) is 11.8 Å². The Kier molecular flexibility index (Phi) is 8.29. The number of nitrogens with one attached hydrogen (secondary N) is 1. The first-order valence-electron chi connectivity index (χ1n) is 12.5. The molecule has 0 saturated carbocycles. The fourth-order valence-corrected chi connectivity index (χ4v) is 4.74. The summed E-state index contributed by atoms with van der Waals surface area (Å²) in [6.07, 6.45) is 1.83. The van der Waals surface area contributed by atoms with Crippen molar-refractivity contribution in [2.75, 3.05) is 7.11 Å². The number of benzene rings is 4. The van der Waals surface area contributed by atoms with E-state index in [2.05, 4.69) is 10.3 Å².